The molecule has 0 saturated carbocycles. The van der Waals surface area contributed by atoms with Crippen molar-refractivity contribution in [1.82, 2.24) is 62.9 Å². The molecule has 0 aromatic rings. The van der Waals surface area contributed by atoms with Crippen LogP contribution >= 0.6 is 59.2 Å². The van der Waals surface area contributed by atoms with E-state index in [1.807, 2.05) is 67.3 Å². The number of likely N-dealkylation sites (N-methyl/N-ethyl adjacent to an activating group) is 1. The van der Waals surface area contributed by atoms with Gasteiger partial charge in [0.2, 0.25) is 11.8 Å². The quantitative estimate of drug-likeness (QED) is 0.0496. The molecule has 10 saturated heterocycles. The molecule has 0 aliphatic carbocycles. The number of nitrogens with zero attached hydrogens (tertiary/aromatic N) is 12. The molecular formula is C79H152B6N13O23P3S3. The lowest BCUT2D eigenvalue weighted by Gasteiger charge is -2.47. The number of carbonyl (C=O) groups is 7. The second kappa shape index (κ2) is 55.5. The van der Waals surface area contributed by atoms with Gasteiger partial charge in [-0.05, 0) is 90.1 Å². The van der Waals surface area contributed by atoms with E-state index in [9.17, 15) is 47.3 Å². The molecular weight excluding hydrogens is 1750 g/mol. The molecule has 0 spiro atoms. The minimum Gasteiger partial charge on any atom is -0.382 e. The van der Waals surface area contributed by atoms with Gasteiger partial charge in [0.15, 0.2) is 10.2 Å². The van der Waals surface area contributed by atoms with E-state index in [0.717, 1.165) is 36.6 Å². The van der Waals surface area contributed by atoms with E-state index in [0.29, 0.717) is 156 Å². The number of hydrogen-bond donors (Lipinski definition) is 2. The molecule has 10 aliphatic rings. The lowest BCUT2D eigenvalue weighted by molar-refractivity contribution is -0.195. The van der Waals surface area contributed by atoms with Crippen LogP contribution in [0.25, 0.3) is 0 Å². The van der Waals surface area contributed by atoms with Crippen LogP contribution in [0.1, 0.15) is 147 Å². The number of hydroxylamine groups is 2. The summed E-state index contributed by atoms with van der Waals surface area (Å²) in [5.74, 6) is -1.93. The van der Waals surface area contributed by atoms with Crippen molar-refractivity contribution in [3.63, 3.8) is 0 Å². The van der Waals surface area contributed by atoms with Crippen LogP contribution in [-0.4, -0.2) is 468 Å². The van der Waals surface area contributed by atoms with E-state index in [-0.39, 0.29) is 175 Å². The summed E-state index contributed by atoms with van der Waals surface area (Å²) in [6.45, 7) is 40.6. The second-order valence-corrected chi connectivity index (χ2v) is 45.3. The van der Waals surface area contributed by atoms with Gasteiger partial charge in [0, 0.05) is 238 Å². The molecule has 0 aromatic heterocycles. The van der Waals surface area contributed by atoms with E-state index < -0.39 is 82.9 Å². The average Bonchev–Trinajstić information content (AvgIpc) is 1.78. The Morgan fingerprint density at radius 3 is 1.07 bits per heavy atom. The summed E-state index contributed by atoms with van der Waals surface area (Å²) < 4.78 is 126. The normalized spacial score (nSPS) is 28.5. The molecule has 12 radical (unpaired) electrons. The molecule has 15 atom stereocenters. The predicted octanol–water partition coefficient (Wildman–Crippen LogP) is 4.47. The third-order valence-corrected chi connectivity index (χ3v) is 30.6. The van der Waals surface area contributed by atoms with Gasteiger partial charge in [-0.25, -0.2) is 32.8 Å². The molecule has 36 nitrogen and oxygen atoms in total. The van der Waals surface area contributed by atoms with Crippen LogP contribution in [0.3, 0.4) is 0 Å². The average molecular weight is 1910 g/mol. The zero-order valence-electron chi connectivity index (χ0n) is 74.5. The number of morpholine rings is 6. The number of nitrogens with one attached hydrogen (secondary N) is 1. The van der Waals surface area contributed by atoms with Gasteiger partial charge in [-0.1, -0.05) is 60.7 Å². The molecule has 127 heavy (non-hydrogen) atoms. The van der Waals surface area contributed by atoms with Crippen molar-refractivity contribution in [3.8, 4) is 0 Å². The third kappa shape index (κ3) is 39.6. The van der Waals surface area contributed by atoms with Gasteiger partial charge in [0.25, 0.3) is 11.8 Å². The number of rotatable bonds is 27. The van der Waals surface area contributed by atoms with E-state index in [2.05, 4.69) is 79.0 Å². The molecule has 1 N–H and O–H groups in total. The highest BCUT2D eigenvalue weighted by atomic mass is 32.2. The van der Waals surface area contributed by atoms with Gasteiger partial charge >= 0.3 is 29.0 Å². The Morgan fingerprint density at radius 1 is 0.425 bits per heavy atom. The lowest BCUT2D eigenvalue weighted by atomic mass is 9.94. The summed E-state index contributed by atoms with van der Waals surface area (Å²) in [4.78, 5) is 94.1. The van der Waals surface area contributed by atoms with Crippen LogP contribution in [0.2, 0.25) is 0 Å². The lowest BCUT2D eigenvalue weighted by Crippen LogP contribution is -2.56. The topological polar surface area (TPSA) is 342 Å². The van der Waals surface area contributed by atoms with Crippen LogP contribution in [-0.2, 0) is 108 Å². The second-order valence-electron chi connectivity index (χ2n) is 35.6. The number of thiol groups is 1. The summed E-state index contributed by atoms with van der Waals surface area (Å²) in [6, 6.07) is -3.15. The Kier molecular flexibility index (Phi) is 53.0. The molecule has 10 fully saturated rings. The number of carbonyl (C=O) groups excluding carboxylic acids is 7. The maximum atomic E-state index is 14.9. The van der Waals surface area contributed by atoms with E-state index in [1.54, 1.807) is 26.3 Å². The van der Waals surface area contributed by atoms with Crippen molar-refractivity contribution in [2.24, 2.45) is 0 Å². The monoisotopic (exact) mass is 1910 g/mol. The maximum absolute atomic E-state index is 14.9. The summed E-state index contributed by atoms with van der Waals surface area (Å²) in [5, 5.41) is 3.46. The van der Waals surface area contributed by atoms with Crippen molar-refractivity contribution in [1.29, 1.82) is 0 Å². The van der Waals surface area contributed by atoms with Crippen LogP contribution in [0, 0.1) is 0 Å². The number of methoxy groups -OCH3 is 1. The first-order chi connectivity index (χ1) is 57.0. The number of amides is 4. The third-order valence-electron chi connectivity index (χ3n) is 20.8. The molecule has 10 aliphatic heterocycles. The first kappa shape index (κ1) is 121. The van der Waals surface area contributed by atoms with E-state index >= 15 is 0 Å². The van der Waals surface area contributed by atoms with Crippen LogP contribution < -0.4 is 5.32 Å². The SMILES string of the molecule is C.C.C.C.C.CC(=O)SCC(=O)ON1C(=O)CCC1=O.[B]C1CN(C(C)(C)C)CC(COP(=O)(N2CCN(C(=O)CSC(C)=O)CC2)N2CC([B])OC(COC(C)(C)C)C2)O1.[B]C1CN(C(C)(C)C)CC(COP(=O)(N2CCNCC2)N2CC([B])OC(COC(C)(C)C)C2)O1.[B]C1CN(C)CC(COP(=O)(N2CCN(C(=O)CS)CC2)N2CC([B])OC(COC)C2)O1. The summed E-state index contributed by atoms with van der Waals surface area (Å²) in [6.07, 6.45) is -1.82. The van der Waals surface area contributed by atoms with Gasteiger partial charge in [-0.15, -0.1) is 5.06 Å². The van der Waals surface area contributed by atoms with Gasteiger partial charge in [0.1, 0.15) is 52.8 Å². The van der Waals surface area contributed by atoms with Crippen LogP contribution in [0.5, 0.6) is 0 Å². The van der Waals surface area contributed by atoms with E-state index in [1.165, 1.54) is 13.8 Å². The Morgan fingerprint density at radius 2 is 0.740 bits per heavy atom. The molecule has 48 heteroatoms. The largest absolute Gasteiger partial charge is 0.382 e. The van der Waals surface area contributed by atoms with Crippen molar-refractivity contribution in [3.05, 3.63) is 0 Å². The number of hydrogen-bond acceptors (Lipinski definition) is 30. The minimum absolute atomic E-state index is 0. The zero-order chi connectivity index (χ0) is 90.5. The Labute approximate surface area is 782 Å². The summed E-state index contributed by atoms with van der Waals surface area (Å²) in [7, 11) is 30.0. The fraction of sp³-hybridized carbons (Fsp3) is 0.911. The van der Waals surface area contributed by atoms with Crippen molar-refractivity contribution < 1.29 is 108 Å². The highest BCUT2D eigenvalue weighted by Crippen LogP contribution is 2.58. The number of imide groups is 1. The van der Waals surface area contributed by atoms with Crippen LogP contribution in [0.15, 0.2) is 0 Å². The van der Waals surface area contributed by atoms with Gasteiger partial charge < -0.3 is 81.1 Å². The Balaban J connectivity index is 0.000000588. The first-order valence-corrected chi connectivity index (χ1v) is 49.1. The molecule has 15 unspecified atom stereocenters. The van der Waals surface area contributed by atoms with Crippen molar-refractivity contribution >= 4 is 146 Å². The summed E-state index contributed by atoms with van der Waals surface area (Å²) >= 11 is 5.83. The minimum atomic E-state index is -3.63. The highest BCUT2D eigenvalue weighted by Gasteiger charge is 2.50. The van der Waals surface area contributed by atoms with E-state index in [4.69, 9.17) is 103 Å². The molecule has 0 aromatic carbocycles. The fourth-order valence-electron chi connectivity index (χ4n) is 14.7. The molecule has 0 bridgehead atoms. The highest BCUT2D eigenvalue weighted by molar-refractivity contribution is 8.14. The maximum Gasteiger partial charge on any atom is 0.346 e. The Bertz CT molecular complexity index is 3490. The van der Waals surface area contributed by atoms with Crippen LogP contribution in [0.4, 0.5) is 0 Å². The van der Waals surface area contributed by atoms with Crippen molar-refractivity contribution in [2.75, 3.05) is 228 Å². The zero-order valence-corrected chi connectivity index (χ0v) is 79.7. The number of thioether (sulfide) groups is 2. The Hall–Kier alpha value is -1.86. The molecule has 4 amide bonds. The predicted molar refractivity (Wildman–Crippen MR) is 507 cm³/mol. The standard InChI is InChI=1S/C26H47B2N4O7PS.C22H43B2N4O5P.C18H33B2N4O6PS.C8H9NO5S.5CH4/c1-19(33)41-18-24(34)29-8-10-31(11-9-29)40(35,32-13-21(39-23(28)15-32)16-36-26(5,6)7)37-17-20-12-30(25(2,3)4)14-22(27)38-20;1-21(2,3)26-11-17(32-19(23)13-26)16-31-34(29,27-9-7-25-8-10-27)28-12-18(33-20(24)14-28)15-30-22(4,5)6;1-21-7-14(29-16(19)9-21)12-28-31(26,23-5-3-22(4-6-23)18(25)13-32)24-8-15(11-27-2)30-17(20)10-24;1-5(10)15-4-8(13)14-9-6(11)2-3-7(9)12;;;;;/h20-23H,8-18H2,1-7H3;17-20,25H,7-16H2,1-6H3;14-17,32H,3-13H2,1-2H3;2-4H2,1H3;5*1H4. The smallest absolute Gasteiger partial charge is 0.346 e. The first-order valence-electron chi connectivity index (χ1n) is 41.9. The van der Waals surface area contributed by atoms with Gasteiger partial charge in [-0.2, -0.15) is 12.6 Å². The van der Waals surface area contributed by atoms with Gasteiger partial charge in [-0.3, -0.25) is 52.3 Å². The molecule has 10 heterocycles. The number of piperazine rings is 3. The van der Waals surface area contributed by atoms with Crippen molar-refractivity contribution in [2.45, 2.75) is 242 Å². The molecule has 722 valence electrons. The fourth-order valence-corrected chi connectivity index (χ4v) is 23.2. The number of ether oxygens (including phenoxy) is 9. The molecule has 10 rings (SSSR count). The van der Waals surface area contributed by atoms with Gasteiger partial charge in [0.05, 0.1) is 99.0 Å². The summed E-state index contributed by atoms with van der Waals surface area (Å²) in [5.41, 5.74) is -0.816.